The summed E-state index contributed by atoms with van der Waals surface area (Å²) in [7, 11) is -5.31. The molecule has 0 fully saturated rings. The SMILES string of the molecule is N[C@](O)(C(=O)OP(=O)(O)O)[C@@H](O)[C@H](O)[C@H](O)CO. The average Bonchev–Trinajstić information content (AvgIpc) is 2.23. The summed E-state index contributed by atoms with van der Waals surface area (Å²) in [5.41, 5.74) is 1.45. The van der Waals surface area contributed by atoms with E-state index in [2.05, 4.69) is 4.52 Å². The standard InChI is InChI=1S/C6H14NO10P/c7-6(13,5(12)17-18(14,15)16)4(11)3(10)2(9)1-8/h2-4,8-11,13H,1,7H2,(H2,14,15,16)/t2-,3-,4+,6-/m1/s1. The quantitative estimate of drug-likeness (QED) is 0.172. The second kappa shape index (κ2) is 6.02. The van der Waals surface area contributed by atoms with E-state index < -0.39 is 44.4 Å². The number of aliphatic hydroxyl groups is 5. The molecule has 0 spiro atoms. The largest absolute Gasteiger partial charge is 0.527 e. The molecule has 4 atom stereocenters. The van der Waals surface area contributed by atoms with Gasteiger partial charge in [0.2, 0.25) is 5.72 Å². The first-order chi connectivity index (χ1) is 7.93. The summed E-state index contributed by atoms with van der Waals surface area (Å²) in [6, 6.07) is 0. The van der Waals surface area contributed by atoms with E-state index in [0.29, 0.717) is 0 Å². The molecule has 0 bridgehead atoms. The topological polar surface area (TPSA) is 211 Å². The molecule has 9 N–H and O–H groups in total. The van der Waals surface area contributed by atoms with Crippen molar-refractivity contribution in [3.63, 3.8) is 0 Å². The Kier molecular flexibility index (Phi) is 5.81. The minimum atomic E-state index is -5.31. The summed E-state index contributed by atoms with van der Waals surface area (Å²) in [5.74, 6) is -2.12. The van der Waals surface area contributed by atoms with E-state index in [1.165, 1.54) is 0 Å². The lowest BCUT2D eigenvalue weighted by Gasteiger charge is -2.31. The lowest BCUT2D eigenvalue weighted by atomic mass is 9.99. The number of aliphatic hydroxyl groups excluding tert-OH is 4. The number of carbonyl (C=O) groups is 1. The van der Waals surface area contributed by atoms with Crippen molar-refractivity contribution in [2.45, 2.75) is 24.0 Å². The first-order valence-electron chi connectivity index (χ1n) is 4.39. The molecule has 0 aromatic carbocycles. The Bertz CT molecular complexity index is 339. The van der Waals surface area contributed by atoms with Crippen LogP contribution in [0.4, 0.5) is 0 Å². The van der Waals surface area contributed by atoms with Crippen LogP contribution in [0.15, 0.2) is 0 Å². The number of hydrogen-bond acceptors (Lipinski definition) is 9. The fraction of sp³-hybridized carbons (Fsp3) is 0.833. The maximum atomic E-state index is 11.0. The van der Waals surface area contributed by atoms with Gasteiger partial charge in [-0.15, -0.1) is 0 Å². The molecule has 0 heterocycles. The Morgan fingerprint density at radius 3 is 2.11 bits per heavy atom. The average molecular weight is 291 g/mol. The zero-order chi connectivity index (χ0) is 14.7. The molecule has 18 heavy (non-hydrogen) atoms. The first-order valence-corrected chi connectivity index (χ1v) is 5.92. The van der Waals surface area contributed by atoms with Crippen molar-refractivity contribution in [3.05, 3.63) is 0 Å². The zero-order valence-electron chi connectivity index (χ0n) is 8.82. The molecule has 0 aromatic rings. The van der Waals surface area contributed by atoms with E-state index in [1.807, 2.05) is 0 Å². The van der Waals surface area contributed by atoms with Gasteiger partial charge in [0.1, 0.15) is 18.3 Å². The minimum Gasteiger partial charge on any atom is -0.394 e. The van der Waals surface area contributed by atoms with E-state index in [4.69, 9.17) is 30.8 Å². The van der Waals surface area contributed by atoms with Gasteiger partial charge in [-0.1, -0.05) is 0 Å². The third-order valence-electron chi connectivity index (χ3n) is 1.88. The second-order valence-corrected chi connectivity index (χ2v) is 4.54. The lowest BCUT2D eigenvalue weighted by molar-refractivity contribution is -0.188. The summed E-state index contributed by atoms with van der Waals surface area (Å²) >= 11 is 0. The van der Waals surface area contributed by atoms with Gasteiger partial charge in [-0.3, -0.25) is 15.5 Å². The molecule has 0 amide bonds. The molecule has 11 nitrogen and oxygen atoms in total. The van der Waals surface area contributed by atoms with Gasteiger partial charge in [0, 0.05) is 0 Å². The molecule has 0 aliphatic rings. The predicted molar refractivity (Wildman–Crippen MR) is 52.4 cm³/mol. The van der Waals surface area contributed by atoms with Crippen LogP contribution in [0.2, 0.25) is 0 Å². The zero-order valence-corrected chi connectivity index (χ0v) is 9.71. The Labute approximate surface area is 100 Å². The molecular weight excluding hydrogens is 277 g/mol. The van der Waals surface area contributed by atoms with E-state index >= 15 is 0 Å². The van der Waals surface area contributed by atoms with Crippen LogP contribution in [0.25, 0.3) is 0 Å². The molecule has 0 saturated heterocycles. The van der Waals surface area contributed by atoms with Crippen molar-refractivity contribution in [2.75, 3.05) is 6.61 Å². The summed E-state index contributed by atoms with van der Waals surface area (Å²) in [6.07, 6.45) is -6.76. The number of phosphoric acid groups is 1. The van der Waals surface area contributed by atoms with Crippen molar-refractivity contribution >= 4 is 13.8 Å². The number of hydrogen-bond donors (Lipinski definition) is 8. The molecule has 0 unspecified atom stereocenters. The molecule has 0 rings (SSSR count). The second-order valence-electron chi connectivity index (χ2n) is 3.38. The predicted octanol–water partition coefficient (Wildman–Crippen LogP) is -4.66. The summed E-state index contributed by atoms with van der Waals surface area (Å²) in [4.78, 5) is 27.6. The van der Waals surface area contributed by atoms with Crippen LogP contribution >= 0.6 is 7.82 Å². The van der Waals surface area contributed by atoms with E-state index in [-0.39, 0.29) is 0 Å². The van der Waals surface area contributed by atoms with E-state index in [0.717, 1.165) is 0 Å². The number of carbonyl (C=O) groups excluding carboxylic acids is 1. The van der Waals surface area contributed by atoms with Crippen LogP contribution in [-0.2, 0) is 13.9 Å². The minimum absolute atomic E-state index is 1.03. The Morgan fingerprint density at radius 2 is 1.78 bits per heavy atom. The third-order valence-corrected chi connectivity index (χ3v) is 2.29. The highest BCUT2D eigenvalue weighted by molar-refractivity contribution is 7.46. The molecule has 0 radical (unpaired) electrons. The van der Waals surface area contributed by atoms with Crippen molar-refractivity contribution in [1.29, 1.82) is 0 Å². The number of nitrogens with two attached hydrogens (primary N) is 1. The van der Waals surface area contributed by atoms with Crippen LogP contribution in [0.3, 0.4) is 0 Å². The van der Waals surface area contributed by atoms with Crippen molar-refractivity contribution < 1.29 is 49.2 Å². The fourth-order valence-corrected chi connectivity index (χ4v) is 1.24. The highest BCUT2D eigenvalue weighted by atomic mass is 31.2. The molecule has 0 aliphatic heterocycles. The van der Waals surface area contributed by atoms with Gasteiger partial charge < -0.3 is 30.1 Å². The molecular formula is C6H14NO10P. The van der Waals surface area contributed by atoms with E-state index in [1.54, 1.807) is 0 Å². The summed E-state index contributed by atoms with van der Waals surface area (Å²) in [6.45, 7) is -1.03. The molecule has 0 saturated carbocycles. The summed E-state index contributed by atoms with van der Waals surface area (Å²) in [5, 5.41) is 45.1. The normalized spacial score (nSPS) is 20.7. The Hall–Kier alpha value is -0.620. The van der Waals surface area contributed by atoms with Gasteiger partial charge in [0.15, 0.2) is 0 Å². The molecule has 12 heteroatoms. The number of phosphoric ester groups is 1. The van der Waals surface area contributed by atoms with E-state index in [9.17, 15) is 19.6 Å². The molecule has 108 valence electrons. The van der Waals surface area contributed by atoms with Gasteiger partial charge in [0.25, 0.3) is 0 Å². The fourth-order valence-electron chi connectivity index (χ4n) is 0.881. The molecule has 0 aromatic heterocycles. The van der Waals surface area contributed by atoms with Crippen LogP contribution in [-0.4, -0.2) is 71.9 Å². The summed E-state index contributed by atoms with van der Waals surface area (Å²) < 4.78 is 13.7. The first kappa shape index (κ1) is 17.4. The van der Waals surface area contributed by atoms with Gasteiger partial charge in [0.05, 0.1) is 6.61 Å². The van der Waals surface area contributed by atoms with Gasteiger partial charge in [-0.05, 0) is 0 Å². The third kappa shape index (κ3) is 4.57. The van der Waals surface area contributed by atoms with Crippen LogP contribution in [0.5, 0.6) is 0 Å². The monoisotopic (exact) mass is 291 g/mol. The van der Waals surface area contributed by atoms with Crippen LogP contribution in [0.1, 0.15) is 0 Å². The maximum absolute atomic E-state index is 11.0. The van der Waals surface area contributed by atoms with Gasteiger partial charge >= 0.3 is 13.8 Å². The van der Waals surface area contributed by atoms with Crippen molar-refractivity contribution in [3.8, 4) is 0 Å². The van der Waals surface area contributed by atoms with Crippen LogP contribution < -0.4 is 5.73 Å². The van der Waals surface area contributed by atoms with Crippen molar-refractivity contribution in [2.24, 2.45) is 5.73 Å². The maximum Gasteiger partial charge on any atom is 0.527 e. The Morgan fingerprint density at radius 1 is 1.33 bits per heavy atom. The smallest absolute Gasteiger partial charge is 0.394 e. The van der Waals surface area contributed by atoms with Gasteiger partial charge in [-0.25, -0.2) is 9.36 Å². The highest BCUT2D eigenvalue weighted by Crippen LogP contribution is 2.37. The molecule has 0 aliphatic carbocycles. The Balaban J connectivity index is 4.91. The lowest BCUT2D eigenvalue weighted by Crippen LogP contribution is -2.63. The highest BCUT2D eigenvalue weighted by Gasteiger charge is 2.48. The van der Waals surface area contributed by atoms with Crippen LogP contribution in [0, 0.1) is 0 Å². The number of rotatable bonds is 6. The van der Waals surface area contributed by atoms with Crippen molar-refractivity contribution in [1.82, 2.24) is 0 Å². The van der Waals surface area contributed by atoms with Gasteiger partial charge in [-0.2, -0.15) is 0 Å².